The Bertz CT molecular complexity index is 471. The van der Waals surface area contributed by atoms with Crippen molar-refractivity contribution >= 4 is 49.4 Å². The first-order chi connectivity index (χ1) is 8.02. The molecule has 0 aliphatic carbocycles. The van der Waals surface area contributed by atoms with E-state index in [0.29, 0.717) is 0 Å². The van der Waals surface area contributed by atoms with Crippen molar-refractivity contribution in [3.63, 3.8) is 0 Å². The first-order valence-corrected chi connectivity index (χ1v) is 8.94. The average molecular weight is 351 g/mol. The van der Waals surface area contributed by atoms with Gasteiger partial charge in [-0.25, -0.2) is 0 Å². The van der Waals surface area contributed by atoms with Gasteiger partial charge in [-0.3, -0.25) is 4.21 Å². The lowest BCUT2D eigenvalue weighted by molar-refractivity contribution is 0.685. The third kappa shape index (κ3) is 5.46. The Labute approximate surface area is 121 Å². The highest BCUT2D eigenvalue weighted by Crippen LogP contribution is 2.20. The predicted octanol–water partition coefficient (Wildman–Crippen LogP) is 5.00. The smallest absolute Gasteiger partial charge is 0.0913 e. The van der Waals surface area contributed by atoms with Crippen LogP contribution in [0, 0.1) is 13.8 Å². The van der Waals surface area contributed by atoms with Gasteiger partial charge in [-0.2, -0.15) is 0 Å². The summed E-state index contributed by atoms with van der Waals surface area (Å²) in [5.74, 6) is 0.722. The zero-order valence-electron chi connectivity index (χ0n) is 10.0. The molecule has 0 saturated carbocycles. The largest absolute Gasteiger partial charge is 0.254 e. The fourth-order valence-corrected chi connectivity index (χ4v) is 4.77. The lowest BCUT2D eigenvalue weighted by Gasteiger charge is -1.89. The quantitative estimate of drug-likeness (QED) is 0.744. The summed E-state index contributed by atoms with van der Waals surface area (Å²) in [6.07, 6.45) is 0. The van der Waals surface area contributed by atoms with Gasteiger partial charge in [-0.05, 0) is 54.0 Å². The molecule has 1 unspecified atom stereocenters. The lowest BCUT2D eigenvalue weighted by Crippen LogP contribution is -1.88. The molecule has 5 heteroatoms. The monoisotopic (exact) mass is 350 g/mol. The first-order valence-electron chi connectivity index (χ1n) is 5.19. The van der Waals surface area contributed by atoms with E-state index in [1.54, 1.807) is 22.7 Å². The Morgan fingerprint density at radius 3 is 2.00 bits per heavy atom. The van der Waals surface area contributed by atoms with Gasteiger partial charge < -0.3 is 0 Å². The second-order valence-electron chi connectivity index (χ2n) is 3.35. The summed E-state index contributed by atoms with van der Waals surface area (Å²) in [6, 6.07) is 8.10. The van der Waals surface area contributed by atoms with Crippen LogP contribution in [-0.2, 0) is 10.8 Å². The topological polar surface area (TPSA) is 17.1 Å². The molecule has 0 spiro atoms. The standard InChI is InChI=1S/C7H10OS2.C5H5BrS/c1-3-10(8)7-5-4-6(2)9-7;1-4-2-3-5(6)7-4/h4-5H,3H2,1-2H3;2-3H,1H3. The molecule has 2 aromatic heterocycles. The van der Waals surface area contributed by atoms with E-state index < -0.39 is 10.8 Å². The van der Waals surface area contributed by atoms with E-state index in [1.807, 2.05) is 26.0 Å². The van der Waals surface area contributed by atoms with Crippen molar-refractivity contribution < 1.29 is 4.21 Å². The first kappa shape index (κ1) is 15.1. The molecule has 1 nitrogen and oxygen atoms in total. The second kappa shape index (κ2) is 7.46. The molecular weight excluding hydrogens is 336 g/mol. The van der Waals surface area contributed by atoms with E-state index in [9.17, 15) is 4.21 Å². The van der Waals surface area contributed by atoms with Gasteiger partial charge >= 0.3 is 0 Å². The van der Waals surface area contributed by atoms with Gasteiger partial charge in [-0.15, -0.1) is 22.7 Å². The maximum Gasteiger partial charge on any atom is 0.0913 e. The highest BCUT2D eigenvalue weighted by atomic mass is 79.9. The Morgan fingerprint density at radius 2 is 1.71 bits per heavy atom. The van der Waals surface area contributed by atoms with Crippen molar-refractivity contribution in [1.29, 1.82) is 0 Å². The minimum absolute atomic E-state index is 0.722. The summed E-state index contributed by atoms with van der Waals surface area (Å²) in [6.45, 7) is 6.06. The van der Waals surface area contributed by atoms with Crippen LogP contribution in [0.5, 0.6) is 0 Å². The minimum Gasteiger partial charge on any atom is -0.254 e. The van der Waals surface area contributed by atoms with Gasteiger partial charge in [0.2, 0.25) is 0 Å². The molecule has 1 atom stereocenters. The number of rotatable bonds is 2. The number of halogens is 1. The van der Waals surface area contributed by atoms with Crippen molar-refractivity contribution in [2.75, 3.05) is 5.75 Å². The van der Waals surface area contributed by atoms with Gasteiger partial charge in [0.05, 0.1) is 18.8 Å². The molecule has 0 N–H and O–H groups in total. The van der Waals surface area contributed by atoms with Gasteiger partial charge in [0, 0.05) is 15.5 Å². The van der Waals surface area contributed by atoms with Crippen LogP contribution in [0.4, 0.5) is 0 Å². The Morgan fingerprint density at radius 1 is 1.12 bits per heavy atom. The Kier molecular flexibility index (Phi) is 6.62. The van der Waals surface area contributed by atoms with Crippen LogP contribution in [0.2, 0.25) is 0 Å². The van der Waals surface area contributed by atoms with E-state index in [-0.39, 0.29) is 0 Å². The molecule has 0 saturated heterocycles. The molecule has 0 aliphatic rings. The highest BCUT2D eigenvalue weighted by Gasteiger charge is 2.01. The Hall–Kier alpha value is 0.0300. The predicted molar refractivity (Wildman–Crippen MR) is 82.8 cm³/mol. The molecule has 2 aromatic rings. The summed E-state index contributed by atoms with van der Waals surface area (Å²) in [5.41, 5.74) is 0. The van der Waals surface area contributed by atoms with E-state index in [0.717, 1.165) is 9.96 Å². The van der Waals surface area contributed by atoms with Crippen LogP contribution >= 0.6 is 38.6 Å². The van der Waals surface area contributed by atoms with E-state index >= 15 is 0 Å². The molecule has 0 radical (unpaired) electrons. The number of hydrogen-bond donors (Lipinski definition) is 0. The van der Waals surface area contributed by atoms with Gasteiger partial charge in [-0.1, -0.05) is 6.92 Å². The van der Waals surface area contributed by atoms with Crippen LogP contribution in [0.1, 0.15) is 16.7 Å². The third-order valence-corrected chi connectivity index (χ3v) is 6.16. The van der Waals surface area contributed by atoms with Crippen LogP contribution in [-0.4, -0.2) is 9.96 Å². The molecule has 2 heterocycles. The van der Waals surface area contributed by atoms with Crippen molar-refractivity contribution in [3.05, 3.63) is 37.8 Å². The van der Waals surface area contributed by atoms with Crippen LogP contribution in [0.15, 0.2) is 32.3 Å². The minimum atomic E-state index is -0.751. The molecule has 0 bridgehead atoms. The van der Waals surface area contributed by atoms with E-state index in [2.05, 4.69) is 35.0 Å². The molecule has 94 valence electrons. The maximum atomic E-state index is 11.1. The lowest BCUT2D eigenvalue weighted by atomic mass is 10.5. The fraction of sp³-hybridized carbons (Fsp3) is 0.333. The molecule has 17 heavy (non-hydrogen) atoms. The van der Waals surface area contributed by atoms with Crippen molar-refractivity contribution in [1.82, 2.24) is 0 Å². The zero-order valence-corrected chi connectivity index (χ0v) is 14.1. The van der Waals surface area contributed by atoms with Gasteiger partial charge in [0.15, 0.2) is 0 Å². The van der Waals surface area contributed by atoms with E-state index in [4.69, 9.17) is 0 Å². The van der Waals surface area contributed by atoms with Crippen LogP contribution in [0.3, 0.4) is 0 Å². The highest BCUT2D eigenvalue weighted by molar-refractivity contribution is 9.11. The van der Waals surface area contributed by atoms with Crippen LogP contribution in [0.25, 0.3) is 0 Å². The summed E-state index contributed by atoms with van der Waals surface area (Å²) in [5, 5.41) is 0. The number of aryl methyl sites for hydroxylation is 2. The summed E-state index contributed by atoms with van der Waals surface area (Å²) in [4.78, 5) is 2.59. The van der Waals surface area contributed by atoms with Crippen molar-refractivity contribution in [2.45, 2.75) is 25.0 Å². The zero-order chi connectivity index (χ0) is 12.8. The molecule has 2 rings (SSSR count). The van der Waals surface area contributed by atoms with Crippen LogP contribution < -0.4 is 0 Å². The molecule has 0 amide bonds. The van der Waals surface area contributed by atoms with Crippen molar-refractivity contribution in [3.8, 4) is 0 Å². The normalized spacial score (nSPS) is 11.8. The van der Waals surface area contributed by atoms with Crippen molar-refractivity contribution in [2.24, 2.45) is 0 Å². The molecule has 0 fully saturated rings. The van der Waals surface area contributed by atoms with Gasteiger partial charge in [0.1, 0.15) is 0 Å². The summed E-state index contributed by atoms with van der Waals surface area (Å²) < 4.78 is 13.4. The maximum absolute atomic E-state index is 11.1. The molecule has 0 aromatic carbocycles. The number of hydrogen-bond acceptors (Lipinski definition) is 3. The third-order valence-electron chi connectivity index (χ3n) is 1.91. The van der Waals surface area contributed by atoms with Gasteiger partial charge in [0.25, 0.3) is 0 Å². The average Bonchev–Trinajstić information content (AvgIpc) is 2.87. The second-order valence-corrected chi connectivity index (χ2v) is 9.27. The summed E-state index contributed by atoms with van der Waals surface area (Å²) >= 11 is 6.73. The molecule has 0 aliphatic heterocycles. The fourth-order valence-electron chi connectivity index (χ4n) is 1.08. The SMILES string of the molecule is CCS(=O)c1ccc(C)s1.Cc1ccc(Br)s1. The molecular formula is C12H15BrOS3. The Balaban J connectivity index is 0.000000181. The number of thiophene rings is 2. The summed E-state index contributed by atoms with van der Waals surface area (Å²) in [7, 11) is -0.751. The van der Waals surface area contributed by atoms with E-state index in [1.165, 1.54) is 13.5 Å².